The van der Waals surface area contributed by atoms with Gasteiger partial charge in [-0.15, -0.1) is 0 Å². The molecule has 0 bridgehead atoms. The summed E-state index contributed by atoms with van der Waals surface area (Å²) < 4.78 is 5.83. The van der Waals surface area contributed by atoms with Crippen LogP contribution < -0.4 is 0 Å². The molecule has 1 heterocycles. The molecule has 0 saturated carbocycles. The van der Waals surface area contributed by atoms with Crippen molar-refractivity contribution in [2.24, 2.45) is 5.41 Å². The molecule has 2 nitrogen and oxygen atoms in total. The third-order valence-electron chi connectivity index (χ3n) is 3.91. The van der Waals surface area contributed by atoms with Crippen molar-refractivity contribution in [1.29, 1.82) is 0 Å². The summed E-state index contributed by atoms with van der Waals surface area (Å²) >= 11 is 0. The van der Waals surface area contributed by atoms with E-state index in [1.165, 1.54) is 0 Å². The van der Waals surface area contributed by atoms with Crippen LogP contribution in [0.4, 0.5) is 0 Å². The average molecular weight is 234 g/mol. The molecule has 0 spiro atoms. The maximum absolute atomic E-state index is 11.8. The Labute approximate surface area is 104 Å². The van der Waals surface area contributed by atoms with Gasteiger partial charge < -0.3 is 4.74 Å². The van der Waals surface area contributed by atoms with Crippen molar-refractivity contribution < 1.29 is 9.53 Å². The van der Waals surface area contributed by atoms with Crippen LogP contribution in [0.25, 0.3) is 0 Å². The Morgan fingerprint density at radius 3 is 2.76 bits per heavy atom. The highest BCUT2D eigenvalue weighted by Gasteiger charge is 2.52. The van der Waals surface area contributed by atoms with Gasteiger partial charge in [0.25, 0.3) is 0 Å². The third kappa shape index (κ3) is 2.86. The van der Waals surface area contributed by atoms with Gasteiger partial charge in [-0.2, -0.15) is 0 Å². The number of carbonyl (C=O) groups is 1. The predicted octanol–water partition coefficient (Wildman–Crippen LogP) is 3.43. The van der Waals surface area contributed by atoms with Crippen molar-refractivity contribution in [2.45, 2.75) is 58.7 Å². The predicted molar refractivity (Wildman–Crippen MR) is 68.8 cm³/mol. The Morgan fingerprint density at radius 2 is 2.06 bits per heavy atom. The number of ketones is 1. The molecule has 17 heavy (non-hydrogen) atoms. The van der Waals surface area contributed by atoms with Crippen molar-refractivity contribution in [3.05, 3.63) is 23.8 Å². The normalized spacial score (nSPS) is 41.8. The zero-order valence-corrected chi connectivity index (χ0v) is 11.2. The summed E-state index contributed by atoms with van der Waals surface area (Å²) in [5.41, 5.74) is 0.914. The highest BCUT2D eigenvalue weighted by atomic mass is 16.6. The molecule has 0 N–H and O–H groups in total. The van der Waals surface area contributed by atoms with Crippen molar-refractivity contribution >= 4 is 5.78 Å². The van der Waals surface area contributed by atoms with Crippen LogP contribution >= 0.6 is 0 Å². The Balaban J connectivity index is 2.21. The van der Waals surface area contributed by atoms with E-state index in [0.29, 0.717) is 6.10 Å². The fraction of sp³-hybridized carbons (Fsp3) is 0.667. The first kappa shape index (κ1) is 12.6. The quantitative estimate of drug-likeness (QED) is 0.601. The molecule has 2 heteroatoms. The van der Waals surface area contributed by atoms with E-state index >= 15 is 0 Å². The Morgan fingerprint density at radius 1 is 1.35 bits per heavy atom. The van der Waals surface area contributed by atoms with E-state index in [1.807, 2.05) is 19.1 Å². The van der Waals surface area contributed by atoms with E-state index in [0.717, 1.165) is 24.8 Å². The molecule has 1 fully saturated rings. The molecular formula is C15H22O2. The summed E-state index contributed by atoms with van der Waals surface area (Å²) in [6.45, 7) is 8.40. The summed E-state index contributed by atoms with van der Waals surface area (Å²) in [5.74, 6) is 0.139. The number of hydrogen-bond acceptors (Lipinski definition) is 2. The van der Waals surface area contributed by atoms with E-state index in [4.69, 9.17) is 4.74 Å². The molecule has 2 aliphatic rings. The lowest BCUT2D eigenvalue weighted by Gasteiger charge is -2.19. The zero-order valence-electron chi connectivity index (χ0n) is 11.2. The molecule has 1 saturated heterocycles. The van der Waals surface area contributed by atoms with Crippen molar-refractivity contribution in [1.82, 2.24) is 0 Å². The lowest BCUT2D eigenvalue weighted by molar-refractivity contribution is -0.111. The maximum Gasteiger partial charge on any atom is 0.180 e. The third-order valence-corrected chi connectivity index (χ3v) is 3.91. The number of fused-ring (bicyclic) bond motifs is 1. The van der Waals surface area contributed by atoms with E-state index in [-0.39, 0.29) is 16.8 Å². The van der Waals surface area contributed by atoms with Crippen LogP contribution in [0.1, 0.15) is 47.0 Å². The SMILES string of the molecule is C/C1=C/CC[C@@]2(C)O[C@@H]2CC(C)(C)/C=C/C1=O. The standard InChI is InChI=1S/C15H22O2/c1-11-6-5-8-15(4)13(17-15)10-14(2,3)9-7-12(11)16/h6-7,9,13H,5,8,10H2,1-4H3/b9-7+,11-6-/t13-,15-/m1/s1. The van der Waals surface area contributed by atoms with Crippen LogP contribution in [0.5, 0.6) is 0 Å². The van der Waals surface area contributed by atoms with Gasteiger partial charge in [0, 0.05) is 0 Å². The second kappa shape index (κ2) is 4.09. The summed E-state index contributed by atoms with van der Waals surface area (Å²) in [6.07, 6.45) is 9.07. The van der Waals surface area contributed by atoms with E-state index in [9.17, 15) is 4.79 Å². The number of hydrogen-bond donors (Lipinski definition) is 0. The van der Waals surface area contributed by atoms with Gasteiger partial charge in [0.15, 0.2) is 5.78 Å². The van der Waals surface area contributed by atoms with Gasteiger partial charge in [-0.3, -0.25) is 4.79 Å². The monoisotopic (exact) mass is 234 g/mol. The molecule has 0 unspecified atom stereocenters. The lowest BCUT2D eigenvalue weighted by atomic mass is 9.84. The molecule has 2 rings (SSSR count). The molecule has 2 atom stereocenters. The second-order valence-electron chi connectivity index (χ2n) is 6.24. The van der Waals surface area contributed by atoms with Gasteiger partial charge >= 0.3 is 0 Å². The summed E-state index contributed by atoms with van der Waals surface area (Å²) in [5, 5.41) is 0. The van der Waals surface area contributed by atoms with Gasteiger partial charge in [-0.1, -0.05) is 26.0 Å². The van der Waals surface area contributed by atoms with E-state index in [1.54, 1.807) is 6.08 Å². The van der Waals surface area contributed by atoms with Crippen LogP contribution in [-0.4, -0.2) is 17.5 Å². The number of allylic oxidation sites excluding steroid dienone is 4. The fourth-order valence-corrected chi connectivity index (χ4v) is 2.42. The van der Waals surface area contributed by atoms with E-state index in [2.05, 4.69) is 20.8 Å². The minimum Gasteiger partial charge on any atom is -0.366 e. The summed E-state index contributed by atoms with van der Waals surface area (Å²) in [4.78, 5) is 11.8. The van der Waals surface area contributed by atoms with Gasteiger partial charge in [-0.05, 0) is 50.2 Å². The molecule has 0 radical (unpaired) electrons. The van der Waals surface area contributed by atoms with Crippen LogP contribution in [0.3, 0.4) is 0 Å². The van der Waals surface area contributed by atoms with Gasteiger partial charge in [0.05, 0.1) is 11.7 Å². The number of carbonyl (C=O) groups excluding carboxylic acids is 1. The number of ether oxygens (including phenoxy) is 1. The van der Waals surface area contributed by atoms with Gasteiger partial charge in [0.1, 0.15) is 0 Å². The van der Waals surface area contributed by atoms with Crippen LogP contribution in [0.2, 0.25) is 0 Å². The molecule has 0 aromatic heterocycles. The lowest BCUT2D eigenvalue weighted by Crippen LogP contribution is -2.17. The zero-order chi connectivity index (χ0) is 12.7. The minimum absolute atomic E-state index is 0.0305. The second-order valence-corrected chi connectivity index (χ2v) is 6.24. The maximum atomic E-state index is 11.8. The number of epoxide rings is 1. The van der Waals surface area contributed by atoms with Crippen LogP contribution in [-0.2, 0) is 9.53 Å². The molecule has 0 amide bonds. The summed E-state index contributed by atoms with van der Waals surface area (Å²) in [7, 11) is 0. The van der Waals surface area contributed by atoms with Crippen molar-refractivity contribution in [3.63, 3.8) is 0 Å². The highest BCUT2D eigenvalue weighted by Crippen LogP contribution is 2.46. The largest absolute Gasteiger partial charge is 0.366 e. The highest BCUT2D eigenvalue weighted by molar-refractivity contribution is 6.03. The molecule has 1 aliphatic heterocycles. The Hall–Kier alpha value is -0.890. The first-order chi connectivity index (χ1) is 7.82. The van der Waals surface area contributed by atoms with Crippen LogP contribution in [0, 0.1) is 5.41 Å². The van der Waals surface area contributed by atoms with E-state index < -0.39 is 0 Å². The summed E-state index contributed by atoms with van der Waals surface area (Å²) in [6, 6.07) is 0. The molecule has 1 aliphatic carbocycles. The molecule has 0 aromatic rings. The topological polar surface area (TPSA) is 29.6 Å². The fourth-order valence-electron chi connectivity index (χ4n) is 2.42. The smallest absolute Gasteiger partial charge is 0.180 e. The van der Waals surface area contributed by atoms with Gasteiger partial charge in [-0.25, -0.2) is 0 Å². The first-order valence-corrected chi connectivity index (χ1v) is 6.41. The Bertz CT molecular complexity index is 390. The van der Waals surface area contributed by atoms with Crippen molar-refractivity contribution in [3.8, 4) is 0 Å². The molecule has 94 valence electrons. The molecular weight excluding hydrogens is 212 g/mol. The van der Waals surface area contributed by atoms with Gasteiger partial charge in [0.2, 0.25) is 0 Å². The Kier molecular flexibility index (Phi) is 3.03. The van der Waals surface area contributed by atoms with Crippen LogP contribution in [0.15, 0.2) is 23.8 Å². The molecule has 0 aromatic carbocycles. The first-order valence-electron chi connectivity index (χ1n) is 6.41. The minimum atomic E-state index is 0.0305. The van der Waals surface area contributed by atoms with Crippen molar-refractivity contribution in [2.75, 3.05) is 0 Å². The average Bonchev–Trinajstić information content (AvgIpc) is 2.83. The number of rotatable bonds is 0.